The van der Waals surface area contributed by atoms with Gasteiger partial charge < -0.3 is 24.5 Å². The number of aromatic amines is 1. The fourth-order valence-electron chi connectivity index (χ4n) is 5.70. The van der Waals surface area contributed by atoms with E-state index in [9.17, 15) is 9.90 Å². The summed E-state index contributed by atoms with van der Waals surface area (Å²) in [6.07, 6.45) is 3.10. The van der Waals surface area contributed by atoms with Gasteiger partial charge >= 0.3 is 5.97 Å². The van der Waals surface area contributed by atoms with Crippen molar-refractivity contribution in [3.05, 3.63) is 41.2 Å². The minimum absolute atomic E-state index is 0.0191. The van der Waals surface area contributed by atoms with Gasteiger partial charge in [0.15, 0.2) is 0 Å². The number of aliphatic hydroxyl groups is 1. The van der Waals surface area contributed by atoms with Crippen LogP contribution in [0, 0.1) is 17.8 Å². The summed E-state index contributed by atoms with van der Waals surface area (Å²) in [5.74, 6) is 0.857. The van der Waals surface area contributed by atoms with Gasteiger partial charge in [-0.15, -0.1) is 0 Å². The number of nitrogens with zero attached hydrogens (tertiary/aromatic N) is 1. The van der Waals surface area contributed by atoms with E-state index in [2.05, 4.69) is 22.9 Å². The first-order valence-electron chi connectivity index (χ1n) is 9.95. The second-order valence-electron chi connectivity index (χ2n) is 8.28. The lowest BCUT2D eigenvalue weighted by Crippen LogP contribution is -2.44. The summed E-state index contributed by atoms with van der Waals surface area (Å²) in [6, 6.07) is 6.31. The average molecular weight is 382 g/mol. The Morgan fingerprint density at radius 2 is 2.14 bits per heavy atom. The molecule has 2 aromatic rings. The Kier molecular flexibility index (Phi) is 3.95. The number of benzene rings is 1. The number of hydrogen-bond donors (Lipinski definition) is 2. The van der Waals surface area contributed by atoms with Crippen molar-refractivity contribution in [2.24, 2.45) is 17.8 Å². The van der Waals surface area contributed by atoms with E-state index in [1.807, 2.05) is 18.3 Å². The summed E-state index contributed by atoms with van der Waals surface area (Å²) in [6.45, 7) is 2.96. The van der Waals surface area contributed by atoms with Gasteiger partial charge in [-0.25, -0.2) is 4.79 Å². The highest BCUT2D eigenvalue weighted by molar-refractivity contribution is 5.90. The highest BCUT2D eigenvalue weighted by atomic mass is 16.5. The van der Waals surface area contributed by atoms with Gasteiger partial charge in [-0.05, 0) is 42.4 Å². The molecule has 0 saturated heterocycles. The standard InChI is InChI=1S/C22H26N2O4/c1-11-18(25)9-15-16(22(26)28-3)10-24-7-6-14-13-5-4-12(27-2)8-17(13)23-20(14)21(24)19(11)15/h4-5,8,10-11,15,18-19,21,23,25H,6-7,9H2,1-3H3/t11-,15?,18-,19+,21-/m0/s1. The third-order valence-corrected chi connectivity index (χ3v) is 7.08. The van der Waals surface area contributed by atoms with E-state index in [1.54, 1.807) is 7.11 Å². The number of H-pyrrole nitrogens is 1. The molecule has 0 bridgehead atoms. The van der Waals surface area contributed by atoms with Crippen molar-refractivity contribution >= 4 is 16.9 Å². The molecule has 5 rings (SSSR count). The first-order chi connectivity index (χ1) is 13.5. The number of carbonyl (C=O) groups excluding carboxylic acids is 1. The molecule has 1 aliphatic carbocycles. The number of carbonyl (C=O) groups is 1. The zero-order valence-corrected chi connectivity index (χ0v) is 16.4. The van der Waals surface area contributed by atoms with E-state index in [0.29, 0.717) is 12.0 Å². The zero-order valence-electron chi connectivity index (χ0n) is 16.4. The molecule has 148 valence electrons. The van der Waals surface area contributed by atoms with Crippen LogP contribution in [-0.4, -0.2) is 47.8 Å². The summed E-state index contributed by atoms with van der Waals surface area (Å²) in [5.41, 5.74) is 4.34. The largest absolute Gasteiger partial charge is 0.497 e. The third kappa shape index (κ3) is 2.33. The molecule has 0 amide bonds. The summed E-state index contributed by atoms with van der Waals surface area (Å²) in [7, 11) is 3.11. The molecule has 28 heavy (non-hydrogen) atoms. The highest BCUT2D eigenvalue weighted by Gasteiger charge is 2.53. The number of aliphatic hydroxyl groups excluding tert-OH is 1. The number of hydrogen-bond acceptors (Lipinski definition) is 5. The molecule has 1 aromatic heterocycles. The molecule has 1 aromatic carbocycles. The van der Waals surface area contributed by atoms with Crippen molar-refractivity contribution in [1.82, 2.24) is 9.88 Å². The maximum atomic E-state index is 12.4. The molecule has 1 unspecified atom stereocenters. The number of nitrogens with one attached hydrogen (secondary N) is 1. The van der Waals surface area contributed by atoms with Crippen LogP contribution in [0.2, 0.25) is 0 Å². The van der Waals surface area contributed by atoms with E-state index in [4.69, 9.17) is 9.47 Å². The van der Waals surface area contributed by atoms with Crippen LogP contribution >= 0.6 is 0 Å². The quantitative estimate of drug-likeness (QED) is 0.782. The molecule has 1 fully saturated rings. The predicted molar refractivity (Wildman–Crippen MR) is 105 cm³/mol. The van der Waals surface area contributed by atoms with Gasteiger partial charge in [0.05, 0.1) is 31.9 Å². The van der Waals surface area contributed by atoms with Gasteiger partial charge in [0.25, 0.3) is 0 Å². The van der Waals surface area contributed by atoms with Crippen LogP contribution in [0.3, 0.4) is 0 Å². The highest BCUT2D eigenvalue weighted by Crippen LogP contribution is 2.54. The molecule has 6 nitrogen and oxygen atoms in total. The van der Waals surface area contributed by atoms with Crippen molar-refractivity contribution in [2.45, 2.75) is 31.9 Å². The van der Waals surface area contributed by atoms with Crippen molar-refractivity contribution < 1.29 is 19.4 Å². The number of aromatic nitrogens is 1. The minimum Gasteiger partial charge on any atom is -0.497 e. The van der Waals surface area contributed by atoms with Gasteiger partial charge in [-0.2, -0.15) is 0 Å². The lowest BCUT2D eigenvalue weighted by Gasteiger charge is -2.46. The van der Waals surface area contributed by atoms with Gasteiger partial charge in [-0.3, -0.25) is 0 Å². The maximum absolute atomic E-state index is 12.4. The summed E-state index contributed by atoms with van der Waals surface area (Å²) < 4.78 is 10.4. The molecule has 0 spiro atoms. The SMILES string of the molecule is COC(=O)C1=CN2CCc3c([nH]c4cc(OC)ccc34)[C@@H]2[C@H]2C1C[C@H](O)[C@@H]2C. The van der Waals surface area contributed by atoms with E-state index in [-0.39, 0.29) is 29.8 Å². The topological polar surface area (TPSA) is 74.8 Å². The van der Waals surface area contributed by atoms with E-state index in [0.717, 1.165) is 24.2 Å². The Balaban J connectivity index is 1.66. The minimum atomic E-state index is -0.405. The lowest BCUT2D eigenvalue weighted by atomic mass is 9.74. The molecular weight excluding hydrogens is 356 g/mol. The molecule has 3 aliphatic rings. The van der Waals surface area contributed by atoms with Crippen molar-refractivity contribution in [3.8, 4) is 5.75 Å². The summed E-state index contributed by atoms with van der Waals surface area (Å²) in [5, 5.41) is 11.9. The van der Waals surface area contributed by atoms with Crippen LogP contribution in [0.1, 0.15) is 30.6 Å². The van der Waals surface area contributed by atoms with Gasteiger partial charge in [0, 0.05) is 41.3 Å². The van der Waals surface area contributed by atoms with Crippen LogP contribution in [-0.2, 0) is 16.0 Å². The number of ether oxygens (including phenoxy) is 2. The second-order valence-corrected chi connectivity index (χ2v) is 8.28. The van der Waals surface area contributed by atoms with Crippen LogP contribution in [0.15, 0.2) is 30.0 Å². The molecule has 3 heterocycles. The average Bonchev–Trinajstić information content (AvgIpc) is 3.23. The van der Waals surface area contributed by atoms with E-state index in [1.165, 1.54) is 23.8 Å². The Morgan fingerprint density at radius 1 is 1.32 bits per heavy atom. The lowest BCUT2D eigenvalue weighted by molar-refractivity contribution is -0.137. The summed E-state index contributed by atoms with van der Waals surface area (Å²) >= 11 is 0. The maximum Gasteiger partial charge on any atom is 0.335 e. The monoisotopic (exact) mass is 382 g/mol. The molecule has 5 atom stereocenters. The van der Waals surface area contributed by atoms with Crippen molar-refractivity contribution in [2.75, 3.05) is 20.8 Å². The summed E-state index contributed by atoms with van der Waals surface area (Å²) in [4.78, 5) is 18.4. The van der Waals surface area contributed by atoms with Crippen LogP contribution in [0.5, 0.6) is 5.75 Å². The zero-order chi connectivity index (χ0) is 19.6. The van der Waals surface area contributed by atoms with Crippen LogP contribution < -0.4 is 4.74 Å². The van der Waals surface area contributed by atoms with Crippen molar-refractivity contribution in [1.29, 1.82) is 0 Å². The van der Waals surface area contributed by atoms with Crippen molar-refractivity contribution in [3.63, 3.8) is 0 Å². The van der Waals surface area contributed by atoms with Crippen LogP contribution in [0.4, 0.5) is 0 Å². The first kappa shape index (κ1) is 17.6. The van der Waals surface area contributed by atoms with Gasteiger partial charge in [0.2, 0.25) is 0 Å². The molecule has 6 heteroatoms. The molecule has 2 N–H and O–H groups in total. The number of fused-ring (bicyclic) bond motifs is 7. The molecular formula is C22H26N2O4. The smallest absolute Gasteiger partial charge is 0.335 e. The fraction of sp³-hybridized carbons (Fsp3) is 0.500. The predicted octanol–water partition coefficient (Wildman–Crippen LogP) is 2.78. The second kappa shape index (κ2) is 6.27. The Bertz CT molecular complexity index is 978. The molecule has 0 radical (unpaired) electrons. The Morgan fingerprint density at radius 3 is 2.89 bits per heavy atom. The fourth-order valence-corrected chi connectivity index (χ4v) is 5.70. The Hall–Kier alpha value is -2.47. The number of methoxy groups -OCH3 is 2. The first-order valence-corrected chi connectivity index (χ1v) is 9.95. The van der Waals surface area contributed by atoms with E-state index >= 15 is 0 Å². The Labute approximate surface area is 164 Å². The third-order valence-electron chi connectivity index (χ3n) is 7.08. The van der Waals surface area contributed by atoms with Gasteiger partial charge in [0.1, 0.15) is 5.75 Å². The van der Waals surface area contributed by atoms with Crippen LogP contribution in [0.25, 0.3) is 10.9 Å². The normalized spacial score (nSPS) is 31.1. The van der Waals surface area contributed by atoms with E-state index < -0.39 is 6.10 Å². The van der Waals surface area contributed by atoms with Gasteiger partial charge in [-0.1, -0.05) is 6.92 Å². The molecule has 1 saturated carbocycles. The number of esters is 1. The molecule has 2 aliphatic heterocycles. The number of rotatable bonds is 2.